The molecular formula is C38H52N4O6S. The molecule has 0 bridgehead atoms. The molecule has 1 aromatic carbocycles. The van der Waals surface area contributed by atoms with Gasteiger partial charge in [0.05, 0.1) is 29.2 Å². The molecule has 2 aromatic rings. The van der Waals surface area contributed by atoms with Crippen LogP contribution >= 0.6 is 11.8 Å². The Morgan fingerprint density at radius 2 is 1.98 bits per heavy atom. The second-order valence-corrected chi connectivity index (χ2v) is 14.7. The number of hydrogen-bond acceptors (Lipinski definition) is 11. The minimum atomic E-state index is -0.982. The Hall–Kier alpha value is -2.96. The molecule has 0 unspecified atom stereocenters. The molecule has 1 aromatic heterocycles. The Kier molecular flexibility index (Phi) is 12.7. The van der Waals surface area contributed by atoms with Crippen molar-refractivity contribution in [2.75, 3.05) is 58.9 Å². The number of rotatable bonds is 20. The summed E-state index contributed by atoms with van der Waals surface area (Å²) in [5.41, 5.74) is 4.16. The van der Waals surface area contributed by atoms with E-state index in [1.165, 1.54) is 0 Å². The monoisotopic (exact) mass is 692 g/mol. The van der Waals surface area contributed by atoms with Gasteiger partial charge in [-0.05, 0) is 67.0 Å². The molecule has 3 heterocycles. The van der Waals surface area contributed by atoms with E-state index in [1.807, 2.05) is 24.0 Å². The summed E-state index contributed by atoms with van der Waals surface area (Å²) >= 11 is 1.83. The second-order valence-electron chi connectivity index (χ2n) is 13.4. The zero-order chi connectivity index (χ0) is 34.1. The molecule has 1 saturated carbocycles. The lowest BCUT2D eigenvalue weighted by Gasteiger charge is -2.58. The molecule has 49 heavy (non-hydrogen) atoms. The Labute approximate surface area is 295 Å². The number of aliphatic hydroxyl groups is 2. The molecule has 2 aliphatic heterocycles. The highest BCUT2D eigenvalue weighted by molar-refractivity contribution is 8.00. The number of aromatic nitrogens is 2. The Morgan fingerprint density at radius 3 is 2.71 bits per heavy atom. The highest BCUT2D eigenvalue weighted by Crippen LogP contribution is 2.62. The molecule has 0 amide bonds. The molecule has 1 saturated heterocycles. The highest BCUT2D eigenvalue weighted by Gasteiger charge is 2.63. The Balaban J connectivity index is 1.45. The van der Waals surface area contributed by atoms with Gasteiger partial charge in [0.15, 0.2) is 0 Å². The summed E-state index contributed by atoms with van der Waals surface area (Å²) in [6.07, 6.45) is 16.1. The van der Waals surface area contributed by atoms with Crippen LogP contribution in [0.2, 0.25) is 0 Å². The van der Waals surface area contributed by atoms with Crippen molar-refractivity contribution in [2.24, 2.45) is 22.9 Å². The van der Waals surface area contributed by atoms with Crippen LogP contribution in [0.4, 0.5) is 0 Å². The summed E-state index contributed by atoms with van der Waals surface area (Å²) in [5.74, 6) is 1.91. The van der Waals surface area contributed by atoms with Gasteiger partial charge in [-0.3, -0.25) is 14.9 Å². The maximum atomic E-state index is 9.80. The van der Waals surface area contributed by atoms with Crippen molar-refractivity contribution in [3.63, 3.8) is 0 Å². The average molecular weight is 693 g/mol. The van der Waals surface area contributed by atoms with Gasteiger partial charge >= 0.3 is 0 Å². The first-order valence-electron chi connectivity index (χ1n) is 17.9. The van der Waals surface area contributed by atoms with E-state index in [2.05, 4.69) is 44.8 Å². The van der Waals surface area contributed by atoms with Gasteiger partial charge in [0, 0.05) is 75.8 Å². The SMILES string of the molecule is C=CCO[C@@]12Oc3ccc(OCCN4CC4)cc3[C@H]3[C@H](CCCCO)[C@@H](CCCCO)C=C(C(=NOC)C[C@@H]1SCCc1cnccn1)[C@H]32. The lowest BCUT2D eigenvalue weighted by Crippen LogP contribution is -2.64. The van der Waals surface area contributed by atoms with Crippen molar-refractivity contribution in [3.05, 3.63) is 72.4 Å². The molecular weight excluding hydrogens is 641 g/mol. The van der Waals surface area contributed by atoms with Crippen LogP contribution in [0, 0.1) is 17.8 Å². The summed E-state index contributed by atoms with van der Waals surface area (Å²) in [6, 6.07) is 6.30. The van der Waals surface area contributed by atoms with E-state index in [-0.39, 0.29) is 42.1 Å². The van der Waals surface area contributed by atoms with Gasteiger partial charge in [-0.1, -0.05) is 30.1 Å². The van der Waals surface area contributed by atoms with Crippen LogP contribution in [0.15, 0.2) is 66.2 Å². The topological polar surface area (TPSA) is 119 Å². The van der Waals surface area contributed by atoms with E-state index in [0.29, 0.717) is 19.6 Å². The molecule has 4 aliphatic rings. The van der Waals surface area contributed by atoms with Gasteiger partial charge in [0.2, 0.25) is 5.79 Å². The number of aryl methyl sites for hydroxylation is 1. The van der Waals surface area contributed by atoms with Crippen molar-refractivity contribution >= 4 is 17.5 Å². The summed E-state index contributed by atoms with van der Waals surface area (Å²) < 4.78 is 20.5. The molecule has 6 atom stereocenters. The minimum absolute atomic E-state index is 0.0487. The fraction of sp³-hybridized carbons (Fsp3) is 0.605. The average Bonchev–Trinajstić information content (AvgIpc) is 3.95. The van der Waals surface area contributed by atoms with E-state index in [0.717, 1.165) is 104 Å². The lowest BCUT2D eigenvalue weighted by molar-refractivity contribution is -0.223. The molecule has 6 rings (SSSR count). The third-order valence-electron chi connectivity index (χ3n) is 10.3. The predicted octanol–water partition coefficient (Wildman–Crippen LogP) is 5.41. The summed E-state index contributed by atoms with van der Waals surface area (Å²) in [6.45, 7) is 8.57. The van der Waals surface area contributed by atoms with Gasteiger partial charge < -0.3 is 29.3 Å². The third kappa shape index (κ3) is 8.34. The number of unbranched alkanes of at least 4 members (excludes halogenated alkanes) is 2. The number of fused-ring (bicyclic) bond motifs is 2. The number of ether oxygens (including phenoxy) is 3. The first kappa shape index (κ1) is 35.9. The van der Waals surface area contributed by atoms with Crippen LogP contribution in [-0.4, -0.2) is 101 Å². The number of hydrogen-bond donors (Lipinski definition) is 2. The van der Waals surface area contributed by atoms with Crippen LogP contribution in [0.5, 0.6) is 11.5 Å². The zero-order valence-electron chi connectivity index (χ0n) is 28.8. The Bertz CT molecular complexity index is 1440. The molecule has 11 heteroatoms. The van der Waals surface area contributed by atoms with Gasteiger partial charge in [0.25, 0.3) is 0 Å². The predicted molar refractivity (Wildman–Crippen MR) is 192 cm³/mol. The van der Waals surface area contributed by atoms with Gasteiger partial charge in [0.1, 0.15) is 25.2 Å². The quantitative estimate of drug-likeness (QED) is 0.0808. The Morgan fingerprint density at radius 1 is 1.14 bits per heavy atom. The van der Waals surface area contributed by atoms with Crippen molar-refractivity contribution in [1.82, 2.24) is 14.9 Å². The van der Waals surface area contributed by atoms with Crippen molar-refractivity contribution < 1.29 is 29.3 Å². The highest BCUT2D eigenvalue weighted by atomic mass is 32.2. The number of oxime groups is 1. The number of allylic oxidation sites excluding steroid dienone is 1. The number of nitrogens with zero attached hydrogens (tertiary/aromatic N) is 4. The smallest absolute Gasteiger partial charge is 0.230 e. The number of thioether (sulfide) groups is 1. The zero-order valence-corrected chi connectivity index (χ0v) is 29.6. The maximum Gasteiger partial charge on any atom is 0.230 e. The lowest BCUT2D eigenvalue weighted by atomic mass is 9.56. The normalized spacial score (nSPS) is 27.9. The molecule has 0 spiro atoms. The standard InChI is InChI=1S/C38H52N4O6S/c1-3-20-47-38-35(49-22-12-28-26-39-13-14-40-28)25-33(41-45-2)31-23-27(8-4-6-18-43)30(9-5-7-19-44)36(37(31)38)32-24-29(10-11-34(32)48-38)46-21-17-42-15-16-42/h3,10-11,13-14,23-24,26-27,30,35-37,43-44H,1,4-9,12,15-22,25H2,2H3/t27-,30+,35-,36+,37+,38+/m0/s1. The summed E-state index contributed by atoms with van der Waals surface area (Å²) in [7, 11) is 1.62. The molecule has 2 fully saturated rings. The van der Waals surface area contributed by atoms with Gasteiger partial charge in [-0.2, -0.15) is 11.8 Å². The molecule has 10 nitrogen and oxygen atoms in total. The number of benzene rings is 1. The fourth-order valence-electron chi connectivity index (χ4n) is 8.03. The third-order valence-corrected chi connectivity index (χ3v) is 11.7. The van der Waals surface area contributed by atoms with Crippen LogP contribution in [-0.2, 0) is 16.0 Å². The van der Waals surface area contributed by atoms with Crippen LogP contribution in [0.25, 0.3) is 0 Å². The van der Waals surface area contributed by atoms with Crippen LogP contribution in [0.3, 0.4) is 0 Å². The first-order valence-corrected chi connectivity index (χ1v) is 19.0. The van der Waals surface area contributed by atoms with Crippen molar-refractivity contribution in [2.45, 2.75) is 68.3 Å². The molecule has 266 valence electrons. The van der Waals surface area contributed by atoms with E-state index in [4.69, 9.17) is 19.0 Å². The van der Waals surface area contributed by atoms with Crippen LogP contribution < -0.4 is 9.47 Å². The van der Waals surface area contributed by atoms with Crippen molar-refractivity contribution in [1.29, 1.82) is 0 Å². The fourth-order valence-corrected chi connectivity index (χ4v) is 9.41. The maximum absolute atomic E-state index is 9.80. The van der Waals surface area contributed by atoms with E-state index in [1.54, 1.807) is 25.6 Å². The van der Waals surface area contributed by atoms with Gasteiger partial charge in [-0.15, -0.1) is 6.58 Å². The summed E-state index contributed by atoms with van der Waals surface area (Å²) in [5, 5.41) is 24.1. The van der Waals surface area contributed by atoms with E-state index >= 15 is 0 Å². The largest absolute Gasteiger partial charge is 0.492 e. The minimum Gasteiger partial charge on any atom is -0.492 e. The molecule has 0 radical (unpaired) electrons. The number of aliphatic hydroxyl groups excluding tert-OH is 2. The van der Waals surface area contributed by atoms with E-state index in [9.17, 15) is 10.2 Å². The van der Waals surface area contributed by atoms with E-state index < -0.39 is 5.79 Å². The first-order chi connectivity index (χ1) is 24.1. The van der Waals surface area contributed by atoms with Crippen LogP contribution in [0.1, 0.15) is 62.1 Å². The summed E-state index contributed by atoms with van der Waals surface area (Å²) in [4.78, 5) is 16.7. The molecule has 2 aliphatic carbocycles. The second kappa shape index (κ2) is 17.3. The molecule has 2 N–H and O–H groups in total. The van der Waals surface area contributed by atoms with Gasteiger partial charge in [-0.25, -0.2) is 0 Å². The van der Waals surface area contributed by atoms with Crippen molar-refractivity contribution in [3.8, 4) is 11.5 Å².